The lowest BCUT2D eigenvalue weighted by atomic mass is 10.00. The highest BCUT2D eigenvalue weighted by atomic mass is 32.2. The van der Waals surface area contributed by atoms with Gasteiger partial charge in [-0.25, -0.2) is 0 Å². The zero-order valence-corrected chi connectivity index (χ0v) is 9.86. The first-order chi connectivity index (χ1) is 7.75. The summed E-state index contributed by atoms with van der Waals surface area (Å²) in [4.78, 5) is 6.22. The van der Waals surface area contributed by atoms with Gasteiger partial charge in [0.05, 0.1) is 0 Å². The van der Waals surface area contributed by atoms with Gasteiger partial charge in [0.1, 0.15) is 0 Å². The van der Waals surface area contributed by atoms with E-state index in [9.17, 15) is 8.76 Å². The summed E-state index contributed by atoms with van der Waals surface area (Å²) in [5.41, 5.74) is 1.14. The van der Waals surface area contributed by atoms with Crippen molar-refractivity contribution in [3.8, 4) is 0 Å². The Morgan fingerprint density at radius 2 is 2.25 bits per heavy atom. The maximum absolute atomic E-state index is 10.7. The zero-order valence-electron chi connectivity index (χ0n) is 9.04. The zero-order chi connectivity index (χ0) is 11.4. The third-order valence-corrected chi connectivity index (χ3v) is 3.66. The van der Waals surface area contributed by atoms with E-state index in [1.807, 2.05) is 12.1 Å². The Hall–Kier alpha value is -0.940. The van der Waals surface area contributed by atoms with Gasteiger partial charge in [-0.15, -0.1) is 0 Å². The molecule has 0 aromatic carbocycles. The molecule has 2 unspecified atom stereocenters. The lowest BCUT2D eigenvalue weighted by molar-refractivity contribution is 0.436. The van der Waals surface area contributed by atoms with Gasteiger partial charge in [-0.05, 0) is 30.9 Å². The van der Waals surface area contributed by atoms with Crippen molar-refractivity contribution in [2.24, 2.45) is 5.92 Å². The van der Waals surface area contributed by atoms with Crippen LogP contribution in [0.15, 0.2) is 24.5 Å². The molecule has 2 heterocycles. The fraction of sp³-hybridized carbons (Fsp3) is 0.545. The molecule has 1 fully saturated rings. The van der Waals surface area contributed by atoms with Gasteiger partial charge in [0, 0.05) is 36.9 Å². The smallest absolute Gasteiger partial charge is 0.0397 e. The molecular weight excluding hydrogens is 224 g/mol. The quantitative estimate of drug-likeness (QED) is 0.743. The van der Waals surface area contributed by atoms with Crippen LogP contribution in [0.5, 0.6) is 0 Å². The van der Waals surface area contributed by atoms with Crippen molar-refractivity contribution in [2.45, 2.75) is 12.8 Å². The van der Waals surface area contributed by atoms with E-state index in [2.05, 4.69) is 9.88 Å². The Morgan fingerprint density at radius 3 is 2.94 bits per heavy atom. The second-order valence-corrected chi connectivity index (χ2v) is 5.07. The average molecular weight is 239 g/mol. The monoisotopic (exact) mass is 239 g/mol. The molecule has 1 saturated heterocycles. The van der Waals surface area contributed by atoms with Gasteiger partial charge in [0.15, 0.2) is 0 Å². The molecule has 0 bridgehead atoms. The molecule has 0 N–H and O–H groups in total. The van der Waals surface area contributed by atoms with Crippen molar-refractivity contribution in [3.63, 3.8) is 0 Å². The second kappa shape index (κ2) is 5.41. The van der Waals surface area contributed by atoms with Gasteiger partial charge in [0.2, 0.25) is 0 Å². The fourth-order valence-corrected chi connectivity index (χ4v) is 2.84. The van der Waals surface area contributed by atoms with Crippen LogP contribution >= 0.6 is 0 Å². The number of aromatic nitrogens is 1. The Labute approximate surface area is 98.0 Å². The normalized spacial score (nSPS) is 23.1. The third-order valence-electron chi connectivity index (χ3n) is 2.92. The fourth-order valence-electron chi connectivity index (χ4n) is 2.18. The molecule has 16 heavy (non-hydrogen) atoms. The predicted molar refractivity (Wildman–Crippen MR) is 63.0 cm³/mol. The summed E-state index contributed by atoms with van der Waals surface area (Å²) < 4.78 is 21.4. The molecule has 1 aliphatic heterocycles. The molecule has 0 aliphatic carbocycles. The Balaban J connectivity index is 1.99. The van der Waals surface area contributed by atoms with E-state index in [1.165, 1.54) is 0 Å². The Morgan fingerprint density at radius 1 is 1.50 bits per heavy atom. The number of anilines is 1. The predicted octanol–water partition coefficient (Wildman–Crippen LogP) is 1.18. The minimum atomic E-state index is -1.92. The van der Waals surface area contributed by atoms with Crippen LogP contribution in [-0.4, -0.2) is 32.6 Å². The summed E-state index contributed by atoms with van der Waals surface area (Å²) in [5.74, 6) is 0.543. The molecule has 5 heteroatoms. The van der Waals surface area contributed by atoms with Gasteiger partial charge in [-0.2, -0.15) is 0 Å². The summed E-state index contributed by atoms with van der Waals surface area (Å²) >= 11 is -1.92. The van der Waals surface area contributed by atoms with Crippen LogP contribution in [0.1, 0.15) is 12.8 Å². The molecule has 0 radical (unpaired) electrons. The number of rotatable bonds is 3. The lowest BCUT2D eigenvalue weighted by Gasteiger charge is -2.34. The number of piperidine rings is 1. The Bertz CT molecular complexity index is 358. The van der Waals surface area contributed by atoms with Crippen molar-refractivity contribution < 1.29 is 8.76 Å². The molecule has 2 atom stereocenters. The molecule has 0 amide bonds. The van der Waals surface area contributed by atoms with Crippen molar-refractivity contribution in [1.29, 1.82) is 0 Å². The van der Waals surface area contributed by atoms with E-state index in [1.54, 1.807) is 12.4 Å². The Kier molecular flexibility index (Phi) is 3.90. The topological polar surface area (TPSA) is 56.3 Å². The van der Waals surface area contributed by atoms with Crippen LogP contribution in [0, 0.1) is 5.92 Å². The largest absolute Gasteiger partial charge is 0.772 e. The van der Waals surface area contributed by atoms with E-state index in [0.29, 0.717) is 0 Å². The number of hydrogen-bond donors (Lipinski definition) is 0. The molecule has 4 nitrogen and oxygen atoms in total. The van der Waals surface area contributed by atoms with Crippen molar-refractivity contribution in [1.82, 2.24) is 4.98 Å². The van der Waals surface area contributed by atoms with E-state index in [0.717, 1.165) is 31.6 Å². The van der Waals surface area contributed by atoms with Crippen LogP contribution in [0.25, 0.3) is 0 Å². The van der Waals surface area contributed by atoms with Crippen LogP contribution in [0.2, 0.25) is 0 Å². The van der Waals surface area contributed by atoms with Gasteiger partial charge >= 0.3 is 0 Å². The van der Waals surface area contributed by atoms with Crippen LogP contribution < -0.4 is 4.90 Å². The van der Waals surface area contributed by atoms with E-state index in [4.69, 9.17) is 0 Å². The minimum absolute atomic E-state index is 0.264. The molecule has 2 rings (SSSR count). The van der Waals surface area contributed by atoms with Gasteiger partial charge in [-0.3, -0.25) is 9.19 Å². The summed E-state index contributed by atoms with van der Waals surface area (Å²) in [7, 11) is 0. The standard InChI is InChI=1S/C11H16N2O2S/c14-16(15)9-10-2-1-7-13(8-10)11-3-5-12-6-4-11/h3-6,10H,1-2,7-9H2,(H,14,15)/p-1. The first-order valence-corrected chi connectivity index (χ1v) is 6.71. The minimum Gasteiger partial charge on any atom is -0.772 e. The maximum Gasteiger partial charge on any atom is 0.0397 e. The SMILES string of the molecule is O=S([O-])CC1CCCN(c2ccncc2)C1. The lowest BCUT2D eigenvalue weighted by Crippen LogP contribution is -2.37. The second-order valence-electron chi connectivity index (χ2n) is 4.13. The summed E-state index contributed by atoms with van der Waals surface area (Å²) in [6.45, 7) is 1.84. The maximum atomic E-state index is 10.7. The molecule has 88 valence electrons. The third kappa shape index (κ3) is 3.02. The number of hydrogen-bond acceptors (Lipinski definition) is 4. The van der Waals surface area contributed by atoms with Crippen molar-refractivity contribution in [2.75, 3.05) is 23.7 Å². The molecule has 1 aromatic rings. The van der Waals surface area contributed by atoms with Gasteiger partial charge in [0.25, 0.3) is 0 Å². The molecule has 1 aromatic heterocycles. The summed E-state index contributed by atoms with van der Waals surface area (Å²) in [6.07, 6.45) is 5.61. The van der Waals surface area contributed by atoms with Crippen LogP contribution in [-0.2, 0) is 11.1 Å². The molecule has 0 saturated carbocycles. The van der Waals surface area contributed by atoms with Crippen molar-refractivity contribution >= 4 is 16.8 Å². The van der Waals surface area contributed by atoms with Crippen molar-refractivity contribution in [3.05, 3.63) is 24.5 Å². The van der Waals surface area contributed by atoms with E-state index >= 15 is 0 Å². The van der Waals surface area contributed by atoms with E-state index < -0.39 is 11.1 Å². The highest BCUT2D eigenvalue weighted by Crippen LogP contribution is 2.22. The van der Waals surface area contributed by atoms with Gasteiger partial charge < -0.3 is 9.45 Å². The average Bonchev–Trinajstić information content (AvgIpc) is 2.30. The summed E-state index contributed by atoms with van der Waals surface area (Å²) in [6, 6.07) is 3.94. The summed E-state index contributed by atoms with van der Waals surface area (Å²) in [5, 5.41) is 0. The van der Waals surface area contributed by atoms with Crippen LogP contribution in [0.3, 0.4) is 0 Å². The number of nitrogens with zero attached hydrogens (tertiary/aromatic N) is 2. The van der Waals surface area contributed by atoms with Crippen LogP contribution in [0.4, 0.5) is 5.69 Å². The first kappa shape index (κ1) is 11.5. The molecule has 0 spiro atoms. The molecule has 1 aliphatic rings. The first-order valence-electron chi connectivity index (χ1n) is 5.46. The van der Waals surface area contributed by atoms with Gasteiger partial charge in [-0.1, -0.05) is 11.1 Å². The van der Waals surface area contributed by atoms with E-state index in [-0.39, 0.29) is 11.7 Å². The number of pyridine rings is 1. The highest BCUT2D eigenvalue weighted by Gasteiger charge is 2.19. The molecular formula is C11H15N2O2S-. The highest BCUT2D eigenvalue weighted by molar-refractivity contribution is 7.79.